The second kappa shape index (κ2) is 7.01. The standard InChI is InChI=1S/C13H21FN2O3S/c1-10(2)9-16(6-7-19-3)20(17,18)13-5-4-11(14)8-12(13)15/h4-5,8,10H,6-7,9,15H2,1-3H3. The van der Waals surface area contributed by atoms with Gasteiger partial charge in [-0.3, -0.25) is 0 Å². The van der Waals surface area contributed by atoms with E-state index in [0.29, 0.717) is 6.54 Å². The minimum atomic E-state index is -3.75. The van der Waals surface area contributed by atoms with E-state index in [-0.39, 0.29) is 29.7 Å². The van der Waals surface area contributed by atoms with E-state index in [4.69, 9.17) is 10.5 Å². The van der Waals surface area contributed by atoms with Crippen LogP contribution >= 0.6 is 0 Å². The minimum Gasteiger partial charge on any atom is -0.398 e. The third kappa shape index (κ3) is 4.16. The molecule has 0 fully saturated rings. The predicted molar refractivity (Wildman–Crippen MR) is 76.3 cm³/mol. The van der Waals surface area contributed by atoms with Crippen LogP contribution in [-0.2, 0) is 14.8 Å². The van der Waals surface area contributed by atoms with Crippen molar-refractivity contribution in [2.45, 2.75) is 18.7 Å². The molecule has 0 aromatic heterocycles. The summed E-state index contributed by atoms with van der Waals surface area (Å²) in [6, 6.07) is 3.30. The highest BCUT2D eigenvalue weighted by molar-refractivity contribution is 7.89. The van der Waals surface area contributed by atoms with E-state index < -0.39 is 15.8 Å². The van der Waals surface area contributed by atoms with Crippen LogP contribution in [0.1, 0.15) is 13.8 Å². The first kappa shape index (κ1) is 16.9. The van der Waals surface area contributed by atoms with E-state index in [9.17, 15) is 12.8 Å². The third-order valence-electron chi connectivity index (χ3n) is 2.70. The van der Waals surface area contributed by atoms with Crippen LogP contribution < -0.4 is 5.73 Å². The maximum atomic E-state index is 13.0. The molecule has 1 aromatic carbocycles. The van der Waals surface area contributed by atoms with Crippen molar-refractivity contribution in [3.8, 4) is 0 Å². The number of nitrogen functional groups attached to an aromatic ring is 1. The van der Waals surface area contributed by atoms with Gasteiger partial charge in [-0.1, -0.05) is 13.8 Å². The van der Waals surface area contributed by atoms with Crippen LogP contribution in [0.25, 0.3) is 0 Å². The van der Waals surface area contributed by atoms with Gasteiger partial charge in [0.05, 0.1) is 12.3 Å². The van der Waals surface area contributed by atoms with Gasteiger partial charge in [-0.15, -0.1) is 0 Å². The van der Waals surface area contributed by atoms with Gasteiger partial charge in [0.2, 0.25) is 10.0 Å². The quantitative estimate of drug-likeness (QED) is 0.778. The molecule has 0 aliphatic carbocycles. The summed E-state index contributed by atoms with van der Waals surface area (Å²) in [6.07, 6.45) is 0. The molecule has 0 amide bonds. The number of hydrogen-bond donors (Lipinski definition) is 1. The van der Waals surface area contributed by atoms with Gasteiger partial charge in [0, 0.05) is 20.2 Å². The lowest BCUT2D eigenvalue weighted by Gasteiger charge is -2.24. The monoisotopic (exact) mass is 304 g/mol. The summed E-state index contributed by atoms with van der Waals surface area (Å²) in [5.41, 5.74) is 5.54. The molecule has 114 valence electrons. The fourth-order valence-corrected chi connectivity index (χ4v) is 3.49. The summed E-state index contributed by atoms with van der Waals surface area (Å²) in [6.45, 7) is 4.70. The van der Waals surface area contributed by atoms with Crippen LogP contribution in [-0.4, -0.2) is 39.5 Å². The molecular weight excluding hydrogens is 283 g/mol. The first-order valence-electron chi connectivity index (χ1n) is 6.33. The molecule has 0 bridgehead atoms. The van der Waals surface area contributed by atoms with E-state index in [2.05, 4.69) is 0 Å². The average molecular weight is 304 g/mol. The number of sulfonamides is 1. The first-order chi connectivity index (χ1) is 9.28. The lowest BCUT2D eigenvalue weighted by molar-refractivity contribution is 0.175. The fourth-order valence-electron chi connectivity index (χ4n) is 1.80. The summed E-state index contributed by atoms with van der Waals surface area (Å²) in [7, 11) is -2.25. The zero-order valence-electron chi connectivity index (χ0n) is 12.0. The van der Waals surface area contributed by atoms with E-state index >= 15 is 0 Å². The summed E-state index contributed by atoms with van der Waals surface area (Å²) in [5.74, 6) is -0.406. The maximum Gasteiger partial charge on any atom is 0.245 e. The SMILES string of the molecule is COCCN(CC(C)C)S(=O)(=O)c1ccc(F)cc1N. The Labute approximate surface area is 119 Å². The van der Waals surface area contributed by atoms with Gasteiger partial charge in [0.1, 0.15) is 10.7 Å². The van der Waals surface area contributed by atoms with Gasteiger partial charge in [-0.05, 0) is 24.1 Å². The molecule has 2 N–H and O–H groups in total. The molecule has 0 radical (unpaired) electrons. The number of benzene rings is 1. The average Bonchev–Trinajstić information content (AvgIpc) is 2.33. The van der Waals surface area contributed by atoms with Crippen LogP contribution in [0.15, 0.2) is 23.1 Å². The molecule has 0 aliphatic rings. The molecule has 0 saturated heterocycles. The number of halogens is 1. The molecule has 20 heavy (non-hydrogen) atoms. The zero-order chi connectivity index (χ0) is 15.3. The number of rotatable bonds is 7. The topological polar surface area (TPSA) is 72.6 Å². The minimum absolute atomic E-state index is 0.0735. The Bertz CT molecular complexity index is 547. The van der Waals surface area contributed by atoms with E-state index in [1.54, 1.807) is 0 Å². The molecule has 0 saturated carbocycles. The van der Waals surface area contributed by atoms with Crippen molar-refractivity contribution in [2.24, 2.45) is 5.92 Å². The fraction of sp³-hybridized carbons (Fsp3) is 0.538. The number of ether oxygens (including phenoxy) is 1. The Morgan fingerprint density at radius 3 is 2.55 bits per heavy atom. The second-order valence-corrected chi connectivity index (χ2v) is 6.84. The van der Waals surface area contributed by atoms with Gasteiger partial charge in [0.25, 0.3) is 0 Å². The molecular formula is C13H21FN2O3S. The summed E-state index contributed by atoms with van der Waals surface area (Å²) in [5, 5.41) is 0. The molecule has 0 spiro atoms. The van der Waals surface area contributed by atoms with E-state index in [1.807, 2.05) is 13.8 Å². The maximum absolute atomic E-state index is 13.0. The van der Waals surface area contributed by atoms with Crippen molar-refractivity contribution in [2.75, 3.05) is 32.5 Å². The Balaban J connectivity index is 3.14. The normalized spacial score (nSPS) is 12.3. The van der Waals surface area contributed by atoms with Gasteiger partial charge in [-0.2, -0.15) is 4.31 Å². The molecule has 5 nitrogen and oxygen atoms in total. The second-order valence-electron chi connectivity index (χ2n) is 4.93. The number of methoxy groups -OCH3 is 1. The van der Waals surface area contributed by atoms with E-state index in [0.717, 1.165) is 12.1 Å². The number of nitrogens with zero attached hydrogens (tertiary/aromatic N) is 1. The van der Waals surface area contributed by atoms with Gasteiger partial charge < -0.3 is 10.5 Å². The number of hydrogen-bond acceptors (Lipinski definition) is 4. The Kier molecular flexibility index (Phi) is 5.91. The molecule has 0 atom stereocenters. The lowest BCUT2D eigenvalue weighted by Crippen LogP contribution is -2.37. The molecule has 1 rings (SSSR count). The number of anilines is 1. The third-order valence-corrected chi connectivity index (χ3v) is 4.64. The van der Waals surface area contributed by atoms with Crippen molar-refractivity contribution < 1.29 is 17.5 Å². The van der Waals surface area contributed by atoms with Crippen molar-refractivity contribution in [1.82, 2.24) is 4.31 Å². The van der Waals surface area contributed by atoms with Crippen molar-refractivity contribution in [3.63, 3.8) is 0 Å². The van der Waals surface area contributed by atoms with Crippen molar-refractivity contribution in [1.29, 1.82) is 0 Å². The number of nitrogens with two attached hydrogens (primary N) is 1. The Morgan fingerprint density at radius 2 is 2.05 bits per heavy atom. The highest BCUT2D eigenvalue weighted by Crippen LogP contribution is 2.23. The van der Waals surface area contributed by atoms with E-state index in [1.165, 1.54) is 17.5 Å². The zero-order valence-corrected chi connectivity index (χ0v) is 12.8. The molecule has 1 aromatic rings. The van der Waals surface area contributed by atoms with Crippen LogP contribution in [0, 0.1) is 11.7 Å². The largest absolute Gasteiger partial charge is 0.398 e. The lowest BCUT2D eigenvalue weighted by atomic mass is 10.2. The van der Waals surface area contributed by atoms with Gasteiger partial charge in [0.15, 0.2) is 0 Å². The van der Waals surface area contributed by atoms with Crippen LogP contribution in [0.5, 0.6) is 0 Å². The van der Waals surface area contributed by atoms with Crippen LogP contribution in [0.3, 0.4) is 0 Å². The molecule has 7 heteroatoms. The molecule has 0 heterocycles. The Morgan fingerprint density at radius 1 is 1.40 bits per heavy atom. The Hall–Kier alpha value is -1.18. The summed E-state index contributed by atoms with van der Waals surface area (Å²) < 4.78 is 44.4. The van der Waals surface area contributed by atoms with Crippen molar-refractivity contribution >= 4 is 15.7 Å². The predicted octanol–water partition coefficient (Wildman–Crippen LogP) is 1.70. The molecule has 0 aliphatic heterocycles. The first-order valence-corrected chi connectivity index (χ1v) is 7.77. The molecule has 0 unspecified atom stereocenters. The summed E-state index contributed by atoms with van der Waals surface area (Å²) in [4.78, 5) is -0.0735. The van der Waals surface area contributed by atoms with Crippen LogP contribution in [0.4, 0.5) is 10.1 Å². The van der Waals surface area contributed by atoms with Gasteiger partial charge in [-0.25, -0.2) is 12.8 Å². The van der Waals surface area contributed by atoms with Crippen molar-refractivity contribution in [3.05, 3.63) is 24.0 Å². The highest BCUT2D eigenvalue weighted by Gasteiger charge is 2.27. The highest BCUT2D eigenvalue weighted by atomic mass is 32.2. The van der Waals surface area contributed by atoms with Crippen LogP contribution in [0.2, 0.25) is 0 Å². The summed E-state index contributed by atoms with van der Waals surface area (Å²) >= 11 is 0. The smallest absolute Gasteiger partial charge is 0.245 e. The van der Waals surface area contributed by atoms with Gasteiger partial charge >= 0.3 is 0 Å².